The van der Waals surface area contributed by atoms with Gasteiger partial charge in [-0.15, -0.1) is 10.2 Å². The molecule has 3 aromatic carbocycles. The number of carbonyl (C=O) groups is 2. The quantitative estimate of drug-likeness (QED) is 0.214. The molecular formula is C27H25Cl2N5O4S. The second kappa shape index (κ2) is 13.9. The molecule has 0 aliphatic carbocycles. The SMILES string of the molecule is CCOc1ccc(NC(=O)CSc2nnc(CNC(=O)COc3ccccc3)n2-c2ccc(Cl)c(Cl)c2)cc1. The fourth-order valence-corrected chi connectivity index (χ4v) is 4.48. The van der Waals surface area contributed by atoms with Crippen LogP contribution in [-0.2, 0) is 16.1 Å². The zero-order valence-corrected chi connectivity index (χ0v) is 23.2. The highest BCUT2D eigenvalue weighted by molar-refractivity contribution is 7.99. The number of benzene rings is 3. The third kappa shape index (κ3) is 8.13. The van der Waals surface area contributed by atoms with E-state index in [4.69, 9.17) is 32.7 Å². The number of hydrogen-bond acceptors (Lipinski definition) is 7. The molecule has 2 N–H and O–H groups in total. The van der Waals surface area contributed by atoms with E-state index >= 15 is 0 Å². The molecule has 9 nitrogen and oxygen atoms in total. The second-order valence-electron chi connectivity index (χ2n) is 8.01. The van der Waals surface area contributed by atoms with Crippen LogP contribution in [0.15, 0.2) is 78.0 Å². The van der Waals surface area contributed by atoms with Crippen molar-refractivity contribution in [2.45, 2.75) is 18.6 Å². The first kappa shape index (κ1) is 28.3. The molecule has 0 saturated carbocycles. The van der Waals surface area contributed by atoms with E-state index in [1.54, 1.807) is 59.2 Å². The number of para-hydroxylation sites is 1. The number of ether oxygens (including phenoxy) is 2. The fraction of sp³-hybridized carbons (Fsp3) is 0.185. The summed E-state index contributed by atoms with van der Waals surface area (Å²) in [5.41, 5.74) is 1.28. The minimum absolute atomic E-state index is 0.0726. The summed E-state index contributed by atoms with van der Waals surface area (Å²) in [6.07, 6.45) is 0. The predicted molar refractivity (Wildman–Crippen MR) is 152 cm³/mol. The van der Waals surface area contributed by atoms with Crippen LogP contribution in [-0.4, -0.2) is 45.5 Å². The van der Waals surface area contributed by atoms with E-state index in [9.17, 15) is 9.59 Å². The largest absolute Gasteiger partial charge is 0.494 e. The first-order valence-electron chi connectivity index (χ1n) is 11.9. The Bertz CT molecular complexity index is 1420. The highest BCUT2D eigenvalue weighted by atomic mass is 35.5. The summed E-state index contributed by atoms with van der Waals surface area (Å²) in [4.78, 5) is 25.0. The second-order valence-corrected chi connectivity index (χ2v) is 9.76. The number of amides is 2. The molecule has 4 aromatic rings. The Morgan fingerprint density at radius 3 is 2.36 bits per heavy atom. The van der Waals surface area contributed by atoms with Gasteiger partial charge in [0.05, 0.1) is 34.6 Å². The van der Waals surface area contributed by atoms with Gasteiger partial charge in [0.2, 0.25) is 5.91 Å². The lowest BCUT2D eigenvalue weighted by Crippen LogP contribution is -2.29. The minimum Gasteiger partial charge on any atom is -0.494 e. The molecule has 2 amide bonds. The molecule has 4 rings (SSSR count). The monoisotopic (exact) mass is 585 g/mol. The lowest BCUT2D eigenvalue weighted by Gasteiger charge is -2.12. The number of hydrogen-bond donors (Lipinski definition) is 2. The molecule has 0 atom stereocenters. The van der Waals surface area contributed by atoms with E-state index in [1.165, 1.54) is 11.8 Å². The maximum absolute atomic E-state index is 12.6. The molecule has 39 heavy (non-hydrogen) atoms. The van der Waals surface area contributed by atoms with Crippen LogP contribution < -0.4 is 20.1 Å². The summed E-state index contributed by atoms with van der Waals surface area (Å²) < 4.78 is 12.6. The number of nitrogens with zero attached hydrogens (tertiary/aromatic N) is 3. The molecule has 0 saturated heterocycles. The van der Waals surface area contributed by atoms with E-state index in [2.05, 4.69) is 20.8 Å². The van der Waals surface area contributed by atoms with E-state index in [-0.39, 0.29) is 30.7 Å². The molecule has 1 aromatic heterocycles. The molecule has 0 aliphatic rings. The fourth-order valence-electron chi connectivity index (χ4n) is 3.41. The van der Waals surface area contributed by atoms with Crippen LogP contribution >= 0.6 is 35.0 Å². The molecule has 0 aliphatic heterocycles. The smallest absolute Gasteiger partial charge is 0.258 e. The summed E-state index contributed by atoms with van der Waals surface area (Å²) >= 11 is 13.6. The molecular weight excluding hydrogens is 561 g/mol. The summed E-state index contributed by atoms with van der Waals surface area (Å²) in [5.74, 6) is 1.28. The van der Waals surface area contributed by atoms with Crippen molar-refractivity contribution in [1.82, 2.24) is 20.1 Å². The van der Waals surface area contributed by atoms with Gasteiger partial charge in [0.25, 0.3) is 5.91 Å². The van der Waals surface area contributed by atoms with E-state index in [1.807, 2.05) is 25.1 Å². The van der Waals surface area contributed by atoms with Gasteiger partial charge in [0.1, 0.15) is 11.5 Å². The van der Waals surface area contributed by atoms with Crippen molar-refractivity contribution in [2.24, 2.45) is 0 Å². The number of aromatic nitrogens is 3. The van der Waals surface area contributed by atoms with Gasteiger partial charge in [-0.05, 0) is 61.5 Å². The first-order chi connectivity index (χ1) is 18.9. The summed E-state index contributed by atoms with van der Waals surface area (Å²) in [6, 6.07) is 21.2. The van der Waals surface area contributed by atoms with Gasteiger partial charge in [0, 0.05) is 5.69 Å². The zero-order valence-electron chi connectivity index (χ0n) is 20.9. The first-order valence-corrected chi connectivity index (χ1v) is 13.7. The maximum atomic E-state index is 12.6. The van der Waals surface area contributed by atoms with Crippen LogP contribution in [0.5, 0.6) is 11.5 Å². The number of thioether (sulfide) groups is 1. The number of anilines is 1. The average molecular weight is 587 g/mol. The summed E-state index contributed by atoms with van der Waals surface area (Å²) in [7, 11) is 0. The van der Waals surface area contributed by atoms with Crippen molar-refractivity contribution in [2.75, 3.05) is 24.3 Å². The van der Waals surface area contributed by atoms with E-state index in [0.29, 0.717) is 44.8 Å². The van der Waals surface area contributed by atoms with Crippen molar-refractivity contribution < 1.29 is 19.1 Å². The Hall–Kier alpha value is -3.73. The summed E-state index contributed by atoms with van der Waals surface area (Å²) in [5, 5.41) is 15.3. The predicted octanol–water partition coefficient (Wildman–Crippen LogP) is 5.40. The van der Waals surface area contributed by atoms with E-state index in [0.717, 1.165) is 5.75 Å². The van der Waals surface area contributed by atoms with Crippen LogP contribution in [0.1, 0.15) is 12.7 Å². The van der Waals surface area contributed by atoms with Crippen LogP contribution in [0.25, 0.3) is 5.69 Å². The molecule has 0 unspecified atom stereocenters. The summed E-state index contributed by atoms with van der Waals surface area (Å²) in [6.45, 7) is 2.39. The highest BCUT2D eigenvalue weighted by Gasteiger charge is 2.18. The van der Waals surface area contributed by atoms with Gasteiger partial charge in [-0.2, -0.15) is 0 Å². The Balaban J connectivity index is 1.43. The molecule has 12 heteroatoms. The molecule has 1 heterocycles. The van der Waals surface area contributed by atoms with Gasteiger partial charge >= 0.3 is 0 Å². The lowest BCUT2D eigenvalue weighted by atomic mass is 10.3. The number of carbonyl (C=O) groups excluding carboxylic acids is 2. The maximum Gasteiger partial charge on any atom is 0.258 e. The van der Waals surface area contributed by atoms with Gasteiger partial charge < -0.3 is 20.1 Å². The normalized spacial score (nSPS) is 10.6. The third-order valence-electron chi connectivity index (χ3n) is 5.20. The number of halogens is 2. The molecule has 0 fully saturated rings. The zero-order chi connectivity index (χ0) is 27.6. The molecule has 0 bridgehead atoms. The standard InChI is InChI=1S/C27H25Cl2N5O4S/c1-2-37-21-11-8-18(9-12-21)31-26(36)17-39-27-33-32-24(34(27)19-10-13-22(28)23(29)14-19)15-30-25(35)16-38-20-6-4-3-5-7-20/h3-14H,2,15-17H2,1H3,(H,30,35)(H,31,36). The Morgan fingerprint density at radius 1 is 0.897 bits per heavy atom. The van der Waals surface area contributed by atoms with Crippen LogP contribution in [0, 0.1) is 0 Å². The van der Waals surface area contributed by atoms with Crippen molar-refractivity contribution in [3.63, 3.8) is 0 Å². The van der Waals surface area contributed by atoms with Crippen LogP contribution in [0.3, 0.4) is 0 Å². The van der Waals surface area contributed by atoms with Gasteiger partial charge in [-0.1, -0.05) is 53.2 Å². The van der Waals surface area contributed by atoms with Gasteiger partial charge in [0.15, 0.2) is 17.6 Å². The Labute approximate surface area is 239 Å². The minimum atomic E-state index is -0.327. The van der Waals surface area contributed by atoms with Gasteiger partial charge in [-0.3, -0.25) is 14.2 Å². The lowest BCUT2D eigenvalue weighted by molar-refractivity contribution is -0.123. The van der Waals surface area contributed by atoms with Crippen LogP contribution in [0.4, 0.5) is 5.69 Å². The van der Waals surface area contributed by atoms with Crippen LogP contribution in [0.2, 0.25) is 10.0 Å². The van der Waals surface area contributed by atoms with E-state index < -0.39 is 0 Å². The third-order valence-corrected chi connectivity index (χ3v) is 6.87. The molecule has 0 radical (unpaired) electrons. The molecule has 0 spiro atoms. The van der Waals surface area contributed by atoms with Crippen molar-refractivity contribution in [3.8, 4) is 17.2 Å². The topological polar surface area (TPSA) is 107 Å². The van der Waals surface area contributed by atoms with Gasteiger partial charge in [-0.25, -0.2) is 0 Å². The Kier molecular flexibility index (Phi) is 10.1. The Morgan fingerprint density at radius 2 is 1.64 bits per heavy atom. The number of nitrogens with one attached hydrogen (secondary N) is 2. The number of rotatable bonds is 12. The average Bonchev–Trinajstić information content (AvgIpc) is 3.35. The van der Waals surface area contributed by atoms with Crippen molar-refractivity contribution >= 4 is 52.5 Å². The highest BCUT2D eigenvalue weighted by Crippen LogP contribution is 2.28. The van der Waals surface area contributed by atoms with Crippen molar-refractivity contribution in [1.29, 1.82) is 0 Å². The van der Waals surface area contributed by atoms with Crippen molar-refractivity contribution in [3.05, 3.63) is 88.7 Å². The molecule has 202 valence electrons.